The van der Waals surface area contributed by atoms with Crippen LogP contribution < -0.4 is 10.6 Å². The van der Waals surface area contributed by atoms with E-state index in [4.69, 9.17) is 0 Å². The molecular weight excluding hydrogens is 238 g/mol. The molecule has 0 spiro atoms. The molecule has 0 bridgehead atoms. The van der Waals surface area contributed by atoms with E-state index in [9.17, 15) is 4.79 Å². The quantitative estimate of drug-likeness (QED) is 0.673. The Morgan fingerprint density at radius 2 is 1.53 bits per heavy atom. The number of nitrogens with one attached hydrogen (secondary N) is 2. The summed E-state index contributed by atoms with van der Waals surface area (Å²) in [4.78, 5) is 14.2. The van der Waals surface area contributed by atoms with Crippen LogP contribution in [0.2, 0.25) is 0 Å². The Labute approximate surface area is 119 Å². The largest absolute Gasteiger partial charge is 0.354 e. The lowest BCUT2D eigenvalue weighted by atomic mass is 10.2. The Bertz CT molecular complexity index is 244. The monoisotopic (exact) mass is 271 g/mol. The van der Waals surface area contributed by atoms with Crippen LogP contribution in [0.5, 0.6) is 0 Å². The number of nitrogens with zero attached hydrogens (tertiary/aromatic N) is 1. The van der Waals surface area contributed by atoms with E-state index in [1.165, 1.54) is 0 Å². The molecule has 0 saturated heterocycles. The summed E-state index contributed by atoms with van der Waals surface area (Å²) in [7, 11) is 0. The molecule has 0 rings (SSSR count). The van der Waals surface area contributed by atoms with Crippen molar-refractivity contribution >= 4 is 5.91 Å². The van der Waals surface area contributed by atoms with Gasteiger partial charge in [-0.05, 0) is 40.5 Å². The molecule has 0 saturated carbocycles. The van der Waals surface area contributed by atoms with E-state index in [0.717, 1.165) is 19.6 Å². The highest BCUT2D eigenvalue weighted by Crippen LogP contribution is 2.03. The summed E-state index contributed by atoms with van der Waals surface area (Å²) in [5, 5.41) is 6.24. The summed E-state index contributed by atoms with van der Waals surface area (Å²) in [6, 6.07) is 0.943. The third-order valence-corrected chi connectivity index (χ3v) is 3.22. The van der Waals surface area contributed by atoms with Gasteiger partial charge in [-0.15, -0.1) is 0 Å². The summed E-state index contributed by atoms with van der Waals surface area (Å²) in [5.74, 6) is 0.586. The minimum absolute atomic E-state index is 0.0920. The zero-order chi connectivity index (χ0) is 15.0. The van der Waals surface area contributed by atoms with Gasteiger partial charge in [0.25, 0.3) is 0 Å². The lowest BCUT2D eigenvalue weighted by molar-refractivity contribution is -0.122. The summed E-state index contributed by atoms with van der Waals surface area (Å²) >= 11 is 0. The van der Waals surface area contributed by atoms with E-state index in [2.05, 4.69) is 57.1 Å². The Kier molecular flexibility index (Phi) is 9.02. The minimum atomic E-state index is -0.125. The van der Waals surface area contributed by atoms with Gasteiger partial charge in [-0.25, -0.2) is 0 Å². The fourth-order valence-electron chi connectivity index (χ4n) is 2.07. The van der Waals surface area contributed by atoms with Gasteiger partial charge in [0, 0.05) is 31.7 Å². The molecule has 0 aromatic heterocycles. The first-order valence-electron chi connectivity index (χ1n) is 7.52. The normalized spacial score (nSPS) is 13.6. The maximum atomic E-state index is 11.8. The second-order valence-corrected chi connectivity index (χ2v) is 6.24. The van der Waals surface area contributed by atoms with Crippen molar-refractivity contribution in [3.8, 4) is 0 Å². The molecule has 0 aromatic rings. The Morgan fingerprint density at radius 3 is 1.95 bits per heavy atom. The molecule has 2 N–H and O–H groups in total. The molecule has 0 aliphatic rings. The van der Waals surface area contributed by atoms with Crippen molar-refractivity contribution in [2.24, 2.45) is 5.92 Å². The van der Waals surface area contributed by atoms with Crippen molar-refractivity contribution in [2.45, 2.75) is 66.6 Å². The lowest BCUT2D eigenvalue weighted by Gasteiger charge is -2.31. The summed E-state index contributed by atoms with van der Waals surface area (Å²) in [6.07, 6.45) is 0. The van der Waals surface area contributed by atoms with Crippen LogP contribution in [-0.4, -0.2) is 48.6 Å². The third-order valence-electron chi connectivity index (χ3n) is 3.22. The minimum Gasteiger partial charge on any atom is -0.354 e. The van der Waals surface area contributed by atoms with Crippen LogP contribution in [-0.2, 0) is 4.79 Å². The van der Waals surface area contributed by atoms with Gasteiger partial charge in [-0.3, -0.25) is 9.69 Å². The molecule has 1 unspecified atom stereocenters. The van der Waals surface area contributed by atoms with E-state index in [-0.39, 0.29) is 11.9 Å². The zero-order valence-electron chi connectivity index (χ0n) is 13.8. The van der Waals surface area contributed by atoms with Gasteiger partial charge in [0.05, 0.1) is 6.04 Å². The molecule has 4 nitrogen and oxygen atoms in total. The van der Waals surface area contributed by atoms with Crippen LogP contribution in [0.1, 0.15) is 48.5 Å². The van der Waals surface area contributed by atoms with Gasteiger partial charge >= 0.3 is 0 Å². The fourth-order valence-corrected chi connectivity index (χ4v) is 2.07. The predicted molar refractivity (Wildman–Crippen MR) is 82.3 cm³/mol. The summed E-state index contributed by atoms with van der Waals surface area (Å²) < 4.78 is 0. The first kappa shape index (κ1) is 18.4. The van der Waals surface area contributed by atoms with Crippen LogP contribution in [0.15, 0.2) is 0 Å². The second kappa shape index (κ2) is 9.32. The third kappa shape index (κ3) is 8.22. The van der Waals surface area contributed by atoms with Crippen molar-refractivity contribution < 1.29 is 4.79 Å². The van der Waals surface area contributed by atoms with Crippen LogP contribution >= 0.6 is 0 Å². The van der Waals surface area contributed by atoms with E-state index in [0.29, 0.717) is 18.0 Å². The van der Waals surface area contributed by atoms with Crippen LogP contribution in [0.25, 0.3) is 0 Å². The van der Waals surface area contributed by atoms with Crippen molar-refractivity contribution in [3.63, 3.8) is 0 Å². The molecule has 0 aliphatic carbocycles. The Hall–Kier alpha value is -0.610. The lowest BCUT2D eigenvalue weighted by Crippen LogP contribution is -2.47. The number of hydrogen-bond donors (Lipinski definition) is 2. The van der Waals surface area contributed by atoms with Crippen molar-refractivity contribution in [2.75, 3.05) is 19.6 Å². The number of carbonyl (C=O) groups is 1. The standard InChI is InChI=1S/C15H33N3O/c1-11(2)10-17-15(19)14(7)16-8-9-18(12(3)4)13(5)6/h11-14,16H,8-10H2,1-7H3,(H,17,19). The fraction of sp³-hybridized carbons (Fsp3) is 0.933. The molecular formula is C15H33N3O. The topological polar surface area (TPSA) is 44.4 Å². The van der Waals surface area contributed by atoms with Gasteiger partial charge in [0.15, 0.2) is 0 Å². The second-order valence-electron chi connectivity index (χ2n) is 6.24. The van der Waals surface area contributed by atoms with Crippen LogP contribution in [0.4, 0.5) is 0 Å². The van der Waals surface area contributed by atoms with E-state index >= 15 is 0 Å². The van der Waals surface area contributed by atoms with Crippen LogP contribution in [0, 0.1) is 5.92 Å². The molecule has 4 heteroatoms. The SMILES string of the molecule is CC(C)CNC(=O)C(C)NCCN(C(C)C)C(C)C. The van der Waals surface area contributed by atoms with Crippen molar-refractivity contribution in [3.05, 3.63) is 0 Å². The van der Waals surface area contributed by atoms with Gasteiger partial charge in [0.1, 0.15) is 0 Å². The zero-order valence-corrected chi connectivity index (χ0v) is 13.8. The van der Waals surface area contributed by atoms with E-state index in [1.807, 2.05) is 6.92 Å². The number of amides is 1. The molecule has 0 fully saturated rings. The highest BCUT2D eigenvalue weighted by Gasteiger charge is 2.15. The molecule has 19 heavy (non-hydrogen) atoms. The predicted octanol–water partition coefficient (Wildman–Crippen LogP) is 1.86. The van der Waals surface area contributed by atoms with E-state index in [1.54, 1.807) is 0 Å². The van der Waals surface area contributed by atoms with Crippen LogP contribution in [0.3, 0.4) is 0 Å². The van der Waals surface area contributed by atoms with E-state index < -0.39 is 0 Å². The molecule has 0 heterocycles. The number of hydrogen-bond acceptors (Lipinski definition) is 3. The summed E-state index contributed by atoms with van der Waals surface area (Å²) in [6.45, 7) is 17.5. The highest BCUT2D eigenvalue weighted by molar-refractivity contribution is 5.81. The van der Waals surface area contributed by atoms with Gasteiger partial charge in [-0.2, -0.15) is 0 Å². The molecule has 0 aromatic carbocycles. The van der Waals surface area contributed by atoms with Crippen molar-refractivity contribution in [1.29, 1.82) is 0 Å². The maximum Gasteiger partial charge on any atom is 0.236 e. The first-order valence-corrected chi connectivity index (χ1v) is 7.52. The maximum absolute atomic E-state index is 11.8. The Morgan fingerprint density at radius 1 is 1.00 bits per heavy atom. The van der Waals surface area contributed by atoms with Gasteiger partial charge in [0.2, 0.25) is 5.91 Å². The average molecular weight is 271 g/mol. The van der Waals surface area contributed by atoms with Crippen molar-refractivity contribution in [1.82, 2.24) is 15.5 Å². The summed E-state index contributed by atoms with van der Waals surface area (Å²) in [5.41, 5.74) is 0. The first-order chi connectivity index (χ1) is 8.75. The average Bonchev–Trinajstić information content (AvgIpc) is 2.29. The molecule has 1 amide bonds. The molecule has 114 valence electrons. The Balaban J connectivity index is 3.95. The smallest absolute Gasteiger partial charge is 0.236 e. The number of carbonyl (C=O) groups excluding carboxylic acids is 1. The molecule has 0 aliphatic heterocycles. The molecule has 1 atom stereocenters. The highest BCUT2D eigenvalue weighted by atomic mass is 16.2. The number of rotatable bonds is 9. The van der Waals surface area contributed by atoms with Gasteiger partial charge in [-0.1, -0.05) is 13.8 Å². The molecule has 0 radical (unpaired) electrons. The van der Waals surface area contributed by atoms with Gasteiger partial charge < -0.3 is 10.6 Å².